The molecule has 1 saturated carbocycles. The Morgan fingerprint density at radius 1 is 1.39 bits per heavy atom. The average Bonchev–Trinajstić information content (AvgIpc) is 2.98. The molecule has 2 aromatic rings. The molecule has 0 atom stereocenters. The van der Waals surface area contributed by atoms with Gasteiger partial charge in [0.2, 0.25) is 0 Å². The summed E-state index contributed by atoms with van der Waals surface area (Å²) >= 11 is 0. The van der Waals surface area contributed by atoms with Gasteiger partial charge in [-0.3, -0.25) is 0 Å². The molecule has 1 fully saturated rings. The van der Waals surface area contributed by atoms with E-state index >= 15 is 0 Å². The molecule has 0 aliphatic heterocycles. The summed E-state index contributed by atoms with van der Waals surface area (Å²) < 4.78 is 6.63. The van der Waals surface area contributed by atoms with Gasteiger partial charge in [0, 0.05) is 6.04 Å². The fraction of sp³-hybridized carbons (Fsp3) is 0.600. The number of hydrogen-bond donors (Lipinski definition) is 2. The van der Waals surface area contributed by atoms with Gasteiger partial charge in [-0.25, -0.2) is 14.6 Å². The van der Waals surface area contributed by atoms with E-state index in [-0.39, 0.29) is 5.89 Å². The number of hydrogen-bond acceptors (Lipinski definition) is 6. The molecular weight excluding hydrogens is 236 g/mol. The summed E-state index contributed by atoms with van der Waals surface area (Å²) in [6.07, 6.45) is 5.73. The zero-order valence-corrected chi connectivity index (χ0v) is 9.74. The Morgan fingerprint density at radius 3 is 2.83 bits per heavy atom. The highest BCUT2D eigenvalue weighted by atomic mass is 16.4. The van der Waals surface area contributed by atoms with Crippen LogP contribution in [-0.2, 0) is 0 Å². The molecule has 1 aliphatic carbocycles. The molecule has 18 heavy (non-hydrogen) atoms. The van der Waals surface area contributed by atoms with Crippen molar-refractivity contribution in [3.8, 4) is 11.6 Å². The van der Waals surface area contributed by atoms with Gasteiger partial charge < -0.3 is 10.2 Å². The summed E-state index contributed by atoms with van der Waals surface area (Å²) in [5, 5.41) is 13.9. The monoisotopic (exact) mass is 250 g/mol. The molecule has 0 saturated heterocycles. The number of aromatic amines is 1. The molecule has 96 valence electrons. The largest absolute Gasteiger partial charge is 0.434 e. The topological polar surface area (TPSA) is 116 Å². The summed E-state index contributed by atoms with van der Waals surface area (Å²) in [5.41, 5.74) is 6.33. The molecule has 8 heteroatoms. The van der Waals surface area contributed by atoms with E-state index in [1.807, 2.05) is 0 Å². The quantitative estimate of drug-likeness (QED) is 0.778. The predicted octanol–water partition coefficient (Wildman–Crippen LogP) is 0.0638. The van der Waals surface area contributed by atoms with Crippen LogP contribution < -0.4 is 11.5 Å². The van der Waals surface area contributed by atoms with Gasteiger partial charge in [-0.1, -0.05) is 5.21 Å². The van der Waals surface area contributed by atoms with Crippen molar-refractivity contribution in [1.82, 2.24) is 25.2 Å². The van der Waals surface area contributed by atoms with Crippen LogP contribution in [0, 0.1) is 0 Å². The van der Waals surface area contributed by atoms with Crippen LogP contribution in [0.15, 0.2) is 15.4 Å². The predicted molar refractivity (Wildman–Crippen MR) is 61.6 cm³/mol. The van der Waals surface area contributed by atoms with Gasteiger partial charge in [-0.05, 0) is 25.7 Å². The standard InChI is InChI=1S/C10H14N6O2/c11-6-1-3-7(4-2-6)16-5-8(12-15-16)9-13-14-10(17)18-9/h5-7H,1-4,11H2,(H,14,17). The molecule has 2 heterocycles. The zero-order chi connectivity index (χ0) is 12.5. The van der Waals surface area contributed by atoms with E-state index < -0.39 is 5.76 Å². The minimum atomic E-state index is -0.594. The lowest BCUT2D eigenvalue weighted by molar-refractivity contribution is 0.300. The Morgan fingerprint density at radius 2 is 2.17 bits per heavy atom. The van der Waals surface area contributed by atoms with Crippen molar-refractivity contribution < 1.29 is 4.42 Å². The highest BCUT2D eigenvalue weighted by molar-refractivity contribution is 5.42. The summed E-state index contributed by atoms with van der Waals surface area (Å²) in [7, 11) is 0. The maximum absolute atomic E-state index is 10.9. The van der Waals surface area contributed by atoms with Crippen molar-refractivity contribution in [2.75, 3.05) is 0 Å². The number of rotatable bonds is 2. The van der Waals surface area contributed by atoms with Gasteiger partial charge in [0.15, 0.2) is 5.69 Å². The molecule has 0 unspecified atom stereocenters. The van der Waals surface area contributed by atoms with Crippen molar-refractivity contribution in [2.24, 2.45) is 5.73 Å². The van der Waals surface area contributed by atoms with E-state index in [4.69, 9.17) is 10.2 Å². The molecule has 0 radical (unpaired) electrons. The van der Waals surface area contributed by atoms with Gasteiger partial charge in [0.25, 0.3) is 5.89 Å². The maximum Gasteiger partial charge on any atom is 0.434 e. The van der Waals surface area contributed by atoms with Crippen LogP contribution in [0.3, 0.4) is 0 Å². The zero-order valence-electron chi connectivity index (χ0n) is 9.74. The van der Waals surface area contributed by atoms with Gasteiger partial charge >= 0.3 is 5.76 Å². The van der Waals surface area contributed by atoms with E-state index in [9.17, 15) is 4.79 Å². The van der Waals surface area contributed by atoms with Crippen LogP contribution in [0.2, 0.25) is 0 Å². The highest BCUT2D eigenvalue weighted by Gasteiger charge is 2.22. The van der Waals surface area contributed by atoms with E-state index in [0.717, 1.165) is 25.7 Å². The Hall–Kier alpha value is -1.96. The second-order valence-electron chi connectivity index (χ2n) is 4.57. The molecule has 1 aliphatic rings. The first-order chi connectivity index (χ1) is 8.72. The number of H-pyrrole nitrogens is 1. The van der Waals surface area contributed by atoms with Crippen LogP contribution in [0.4, 0.5) is 0 Å². The Bertz CT molecular complexity index is 577. The first-order valence-electron chi connectivity index (χ1n) is 5.95. The average molecular weight is 250 g/mol. The number of nitrogens with zero attached hydrogens (tertiary/aromatic N) is 4. The van der Waals surface area contributed by atoms with Crippen LogP contribution in [-0.4, -0.2) is 31.2 Å². The van der Waals surface area contributed by atoms with E-state index in [0.29, 0.717) is 17.8 Å². The van der Waals surface area contributed by atoms with Crippen LogP contribution >= 0.6 is 0 Å². The fourth-order valence-electron chi connectivity index (χ4n) is 2.26. The highest BCUT2D eigenvalue weighted by Crippen LogP contribution is 2.27. The second-order valence-corrected chi connectivity index (χ2v) is 4.57. The Balaban J connectivity index is 1.79. The maximum atomic E-state index is 10.9. The van der Waals surface area contributed by atoms with Crippen molar-refractivity contribution in [2.45, 2.75) is 37.8 Å². The lowest BCUT2D eigenvalue weighted by Crippen LogP contribution is -2.28. The minimum Gasteiger partial charge on any atom is -0.386 e. The van der Waals surface area contributed by atoms with Gasteiger partial charge in [0.1, 0.15) is 0 Å². The van der Waals surface area contributed by atoms with Gasteiger partial charge in [0.05, 0.1) is 12.2 Å². The third kappa shape index (κ3) is 2.06. The molecule has 3 rings (SSSR count). The number of nitrogens with one attached hydrogen (secondary N) is 1. The van der Waals surface area contributed by atoms with E-state index in [1.54, 1.807) is 10.9 Å². The number of nitrogens with two attached hydrogens (primary N) is 1. The summed E-state index contributed by atoms with van der Waals surface area (Å²) in [4.78, 5) is 10.9. The lowest BCUT2D eigenvalue weighted by Gasteiger charge is -2.25. The third-order valence-corrected chi connectivity index (χ3v) is 3.28. The van der Waals surface area contributed by atoms with Crippen molar-refractivity contribution in [3.05, 3.63) is 16.7 Å². The smallest absolute Gasteiger partial charge is 0.386 e. The van der Waals surface area contributed by atoms with Crippen molar-refractivity contribution in [3.63, 3.8) is 0 Å². The fourth-order valence-corrected chi connectivity index (χ4v) is 2.26. The van der Waals surface area contributed by atoms with Gasteiger partial charge in [-0.15, -0.1) is 10.2 Å². The SMILES string of the molecule is NC1CCC(n2cc(-c3n[nH]c(=O)o3)nn2)CC1. The number of aromatic nitrogens is 5. The summed E-state index contributed by atoms with van der Waals surface area (Å²) in [6, 6.07) is 0.616. The first kappa shape index (κ1) is 11.1. The minimum absolute atomic E-state index is 0.166. The molecule has 8 nitrogen and oxygen atoms in total. The summed E-state index contributed by atoms with van der Waals surface area (Å²) in [5.74, 6) is -0.429. The van der Waals surface area contributed by atoms with E-state index in [1.165, 1.54) is 0 Å². The summed E-state index contributed by atoms with van der Waals surface area (Å²) in [6.45, 7) is 0. The van der Waals surface area contributed by atoms with Crippen LogP contribution in [0.1, 0.15) is 31.7 Å². The molecule has 0 aromatic carbocycles. The molecule has 3 N–H and O–H groups in total. The second kappa shape index (κ2) is 4.37. The normalized spacial score (nSPS) is 24.3. The Labute approximate surface area is 102 Å². The molecule has 0 spiro atoms. The van der Waals surface area contributed by atoms with Crippen molar-refractivity contribution in [1.29, 1.82) is 0 Å². The Kier molecular flexibility index (Phi) is 2.71. The molecule has 2 aromatic heterocycles. The van der Waals surface area contributed by atoms with E-state index in [2.05, 4.69) is 20.5 Å². The van der Waals surface area contributed by atoms with Crippen LogP contribution in [0.5, 0.6) is 0 Å². The third-order valence-electron chi connectivity index (χ3n) is 3.28. The molecule has 0 amide bonds. The van der Waals surface area contributed by atoms with Gasteiger partial charge in [-0.2, -0.15) is 0 Å². The molecular formula is C10H14N6O2. The lowest BCUT2D eigenvalue weighted by atomic mass is 9.92. The molecule has 0 bridgehead atoms. The van der Waals surface area contributed by atoms with Crippen LogP contribution in [0.25, 0.3) is 11.6 Å². The first-order valence-corrected chi connectivity index (χ1v) is 5.95. The van der Waals surface area contributed by atoms with Crippen molar-refractivity contribution >= 4 is 0 Å².